The molecule has 0 radical (unpaired) electrons. The predicted molar refractivity (Wildman–Crippen MR) is 94.7 cm³/mol. The van der Waals surface area contributed by atoms with Crippen molar-refractivity contribution in [2.45, 2.75) is 18.4 Å². The Morgan fingerprint density at radius 3 is 2.27 bits per heavy atom. The number of rotatable bonds is 6. The number of hydrogen-bond acceptors (Lipinski definition) is 4. The second kappa shape index (κ2) is 7.04. The van der Waals surface area contributed by atoms with Crippen LogP contribution in [-0.4, -0.2) is 40.0 Å². The van der Waals surface area contributed by atoms with Crippen LogP contribution in [0.25, 0.3) is 10.8 Å². The highest BCUT2D eigenvalue weighted by Gasteiger charge is 2.43. The Morgan fingerprint density at radius 2 is 1.62 bits per heavy atom. The van der Waals surface area contributed by atoms with Crippen molar-refractivity contribution in [3.05, 3.63) is 59.9 Å². The molecule has 0 bridgehead atoms. The van der Waals surface area contributed by atoms with Crippen LogP contribution in [-0.2, 0) is 22.1 Å². The van der Waals surface area contributed by atoms with E-state index in [-0.39, 0.29) is 5.69 Å². The highest BCUT2D eigenvalue weighted by atomic mass is 31.2. The zero-order valence-electron chi connectivity index (χ0n) is 13.5. The van der Waals surface area contributed by atoms with E-state index in [1.807, 2.05) is 42.5 Å². The van der Waals surface area contributed by atoms with E-state index in [4.69, 9.17) is 0 Å². The van der Waals surface area contributed by atoms with Gasteiger partial charge in [-0.2, -0.15) is 0 Å². The molecule has 11 heteroatoms. The topological polar surface area (TPSA) is 146 Å². The highest BCUT2D eigenvalue weighted by Crippen LogP contribution is 2.60. The van der Waals surface area contributed by atoms with Gasteiger partial charge in [-0.15, -0.1) is 5.10 Å². The predicted octanol–water partition coefficient (Wildman–Crippen LogP) is 1.70. The zero-order valence-corrected chi connectivity index (χ0v) is 15.2. The van der Waals surface area contributed by atoms with Crippen LogP contribution in [0.5, 0.6) is 0 Å². The Labute approximate surface area is 148 Å². The molecule has 3 aromatic rings. The average molecular weight is 397 g/mol. The van der Waals surface area contributed by atoms with E-state index in [1.54, 1.807) is 0 Å². The summed E-state index contributed by atoms with van der Waals surface area (Å²) in [5, 5.41) is 7.68. The fourth-order valence-electron chi connectivity index (χ4n) is 2.65. The van der Waals surface area contributed by atoms with Crippen LogP contribution in [0, 0.1) is 0 Å². The van der Waals surface area contributed by atoms with Crippen molar-refractivity contribution in [3.8, 4) is 0 Å². The normalized spacial score (nSPS) is 12.8. The summed E-state index contributed by atoms with van der Waals surface area (Å²) in [5.74, 6) is 0. The third-order valence-corrected chi connectivity index (χ3v) is 7.64. The maximum absolute atomic E-state index is 11.4. The first kappa shape index (κ1) is 18.9. The van der Waals surface area contributed by atoms with Gasteiger partial charge < -0.3 is 19.6 Å². The molecule has 0 aliphatic carbocycles. The Balaban J connectivity index is 1.78. The molecule has 1 aromatic heterocycles. The average Bonchev–Trinajstić information content (AvgIpc) is 2.98. The summed E-state index contributed by atoms with van der Waals surface area (Å²) in [4.78, 5) is 36.7. The van der Waals surface area contributed by atoms with Gasteiger partial charge in [-0.1, -0.05) is 41.6 Å². The number of hydrogen-bond donors (Lipinski definition) is 4. The van der Waals surface area contributed by atoms with Gasteiger partial charge in [0.1, 0.15) is 0 Å². The van der Waals surface area contributed by atoms with Crippen LogP contribution in [0.1, 0.15) is 11.3 Å². The van der Waals surface area contributed by atoms with E-state index in [0.29, 0.717) is 6.54 Å². The summed E-state index contributed by atoms with van der Waals surface area (Å²) in [7, 11) is -9.98. The highest BCUT2D eigenvalue weighted by molar-refractivity contribution is 7.70. The molecule has 0 fully saturated rings. The lowest BCUT2D eigenvalue weighted by molar-refractivity contribution is 0.337. The minimum Gasteiger partial charge on any atom is -0.324 e. The van der Waals surface area contributed by atoms with E-state index in [9.17, 15) is 28.7 Å². The lowest BCUT2D eigenvalue weighted by Gasteiger charge is -2.18. The van der Waals surface area contributed by atoms with Gasteiger partial charge in [0.25, 0.3) is 0 Å². The summed E-state index contributed by atoms with van der Waals surface area (Å²) in [6, 6.07) is 13.8. The van der Waals surface area contributed by atoms with E-state index >= 15 is 0 Å². The van der Waals surface area contributed by atoms with Crippen molar-refractivity contribution in [2.24, 2.45) is 0 Å². The molecule has 26 heavy (non-hydrogen) atoms. The zero-order chi connectivity index (χ0) is 18.9. The lowest BCUT2D eigenvalue weighted by atomic mass is 10.1. The molecular formula is C15H17N3O6P2. The van der Waals surface area contributed by atoms with Crippen LogP contribution in [0.15, 0.2) is 48.7 Å². The molecule has 0 aliphatic heterocycles. The minimum absolute atomic E-state index is 0.0995. The van der Waals surface area contributed by atoms with E-state index in [0.717, 1.165) is 16.3 Å². The summed E-state index contributed by atoms with van der Waals surface area (Å²) >= 11 is 0. The first-order valence-electron chi connectivity index (χ1n) is 7.60. The summed E-state index contributed by atoms with van der Waals surface area (Å²) < 4.78 is 24.2. The van der Waals surface area contributed by atoms with Gasteiger partial charge >= 0.3 is 15.2 Å². The van der Waals surface area contributed by atoms with Crippen molar-refractivity contribution in [1.29, 1.82) is 0 Å². The molecule has 0 aliphatic rings. The number of fused-ring (bicyclic) bond motifs is 1. The van der Waals surface area contributed by atoms with Gasteiger partial charge in [-0.3, -0.25) is 9.13 Å². The van der Waals surface area contributed by atoms with Gasteiger partial charge in [-0.25, -0.2) is 4.68 Å². The molecule has 0 atom stereocenters. The smallest absolute Gasteiger partial charge is 0.324 e. The molecule has 0 saturated carbocycles. The quantitative estimate of drug-likeness (QED) is 0.460. The fourth-order valence-corrected chi connectivity index (χ4v) is 5.07. The molecule has 2 aromatic carbocycles. The number of aromatic nitrogens is 3. The van der Waals surface area contributed by atoms with Crippen molar-refractivity contribution in [3.63, 3.8) is 0 Å². The van der Waals surface area contributed by atoms with Crippen LogP contribution >= 0.6 is 15.2 Å². The van der Waals surface area contributed by atoms with Crippen molar-refractivity contribution < 1.29 is 28.7 Å². The first-order chi connectivity index (χ1) is 12.1. The van der Waals surface area contributed by atoms with Crippen LogP contribution in [0.3, 0.4) is 0 Å². The number of nitrogens with zero attached hydrogens (tertiary/aromatic N) is 3. The molecule has 0 unspecified atom stereocenters. The SMILES string of the molecule is O=P(O)(O)C(Cc1cn(Cc2ccc3ccccc3c2)nn1)P(=O)(O)O. The van der Waals surface area contributed by atoms with Gasteiger partial charge in [0.15, 0.2) is 5.40 Å². The summed E-state index contributed by atoms with van der Waals surface area (Å²) in [5.41, 5.74) is 1.05. The van der Waals surface area contributed by atoms with Crippen LogP contribution in [0.4, 0.5) is 0 Å². The Kier molecular flexibility index (Phi) is 5.12. The largest absolute Gasteiger partial charge is 0.341 e. The molecule has 138 valence electrons. The summed E-state index contributed by atoms with van der Waals surface area (Å²) in [6.07, 6.45) is 0.861. The van der Waals surface area contributed by atoms with Gasteiger partial charge in [0.05, 0.1) is 12.2 Å². The molecule has 4 N–H and O–H groups in total. The third kappa shape index (κ3) is 4.45. The van der Waals surface area contributed by atoms with Crippen molar-refractivity contribution >= 4 is 26.0 Å². The minimum atomic E-state index is -4.99. The lowest BCUT2D eigenvalue weighted by Crippen LogP contribution is -2.13. The molecular weight excluding hydrogens is 380 g/mol. The van der Waals surface area contributed by atoms with E-state index < -0.39 is 27.0 Å². The van der Waals surface area contributed by atoms with Crippen LogP contribution < -0.4 is 0 Å². The van der Waals surface area contributed by atoms with E-state index in [2.05, 4.69) is 10.3 Å². The van der Waals surface area contributed by atoms with Crippen molar-refractivity contribution in [1.82, 2.24) is 15.0 Å². The Bertz CT molecular complexity index is 1000. The Morgan fingerprint density at radius 1 is 0.962 bits per heavy atom. The summed E-state index contributed by atoms with van der Waals surface area (Å²) in [6.45, 7) is 0.369. The molecule has 9 nitrogen and oxygen atoms in total. The molecule has 0 saturated heterocycles. The molecule has 0 amide bonds. The second-order valence-electron chi connectivity index (χ2n) is 5.95. The first-order valence-corrected chi connectivity index (χ1v) is 11.0. The maximum atomic E-state index is 11.4. The fraction of sp³-hybridized carbons (Fsp3) is 0.200. The standard InChI is InChI=1S/C15H17N3O6P2/c19-25(20,21)15(26(22,23)24)8-14-10-18(17-16-14)9-11-5-6-12-3-1-2-4-13(12)7-11/h1-7,10,15H,8-9H2,(H2,19,20,21)(H2,22,23,24). The van der Waals surface area contributed by atoms with Gasteiger partial charge in [0, 0.05) is 12.6 Å². The van der Waals surface area contributed by atoms with Gasteiger partial charge in [0.2, 0.25) is 0 Å². The van der Waals surface area contributed by atoms with Crippen LogP contribution in [0.2, 0.25) is 0 Å². The molecule has 3 rings (SSSR count). The monoisotopic (exact) mass is 397 g/mol. The van der Waals surface area contributed by atoms with Crippen molar-refractivity contribution in [2.75, 3.05) is 0 Å². The second-order valence-corrected chi connectivity index (χ2v) is 9.96. The van der Waals surface area contributed by atoms with E-state index in [1.165, 1.54) is 10.9 Å². The number of benzene rings is 2. The Hall–Kier alpha value is -1.86. The molecule has 1 heterocycles. The maximum Gasteiger partial charge on any atom is 0.341 e. The third-order valence-electron chi connectivity index (χ3n) is 3.91. The molecule has 0 spiro atoms. The van der Waals surface area contributed by atoms with Gasteiger partial charge in [-0.05, 0) is 22.4 Å².